The lowest BCUT2D eigenvalue weighted by Gasteiger charge is -2.18. The number of unbranched alkanes of at least 4 members (excludes halogenated alkanes) is 9. The number of hydrogen-bond acceptors (Lipinski definition) is 3. The first-order valence-electron chi connectivity index (χ1n) is 8.67. The number of nitrogens with zero attached hydrogens (tertiary/aromatic N) is 1. The Labute approximate surface area is 129 Å². The van der Waals surface area contributed by atoms with Crippen LogP contribution in [0, 0.1) is 0 Å². The first kappa shape index (κ1) is 18.0. The number of ether oxygens (including phenoxy) is 1. The number of hydrogen-bond donors (Lipinski definition) is 0. The summed E-state index contributed by atoms with van der Waals surface area (Å²) in [7, 11) is 0. The number of cyclic esters (lactones) is 1. The fourth-order valence-electron chi connectivity index (χ4n) is 2.71. The second kappa shape index (κ2) is 11.6. The van der Waals surface area contributed by atoms with E-state index < -0.39 is 0 Å². The lowest BCUT2D eigenvalue weighted by Crippen LogP contribution is -2.32. The molecule has 21 heavy (non-hydrogen) atoms. The maximum absolute atomic E-state index is 11.7. The average molecular weight is 297 g/mol. The van der Waals surface area contributed by atoms with Crippen LogP contribution in [0.4, 0.5) is 0 Å². The fourth-order valence-corrected chi connectivity index (χ4v) is 2.71. The van der Waals surface area contributed by atoms with Gasteiger partial charge in [-0.1, -0.05) is 64.7 Å². The first-order valence-corrected chi connectivity index (χ1v) is 8.67. The van der Waals surface area contributed by atoms with Crippen LogP contribution in [0.3, 0.4) is 0 Å². The number of amides is 1. The van der Waals surface area contributed by atoms with E-state index in [2.05, 4.69) is 6.92 Å². The Morgan fingerprint density at radius 1 is 0.905 bits per heavy atom. The van der Waals surface area contributed by atoms with E-state index in [9.17, 15) is 9.59 Å². The van der Waals surface area contributed by atoms with Crippen LogP contribution in [0.25, 0.3) is 0 Å². The Bertz CT molecular complexity index is 304. The molecule has 0 N–H and O–H groups in total. The third-order valence-electron chi connectivity index (χ3n) is 4.05. The minimum Gasteiger partial charge on any atom is -0.463 e. The highest BCUT2D eigenvalue weighted by molar-refractivity contribution is 5.94. The van der Waals surface area contributed by atoms with E-state index in [1.807, 2.05) is 0 Å². The molecule has 0 atom stereocenters. The standard InChI is InChI=1S/C17H31NO3/c1-2-3-4-5-6-7-8-9-10-11-12-18-13-14-21-17(20)15-16(18)19/h2-15H2,1H3. The number of carbonyl (C=O) groups excluding carboxylic acids is 2. The summed E-state index contributed by atoms with van der Waals surface area (Å²) in [5.74, 6) is -0.459. The molecule has 1 aliphatic rings. The minimum absolute atomic E-state index is 0.0755. The molecule has 0 aromatic carbocycles. The predicted molar refractivity (Wildman–Crippen MR) is 84.0 cm³/mol. The minimum atomic E-state index is -0.384. The molecular weight excluding hydrogens is 266 g/mol. The van der Waals surface area contributed by atoms with E-state index in [0.717, 1.165) is 13.0 Å². The van der Waals surface area contributed by atoms with Crippen molar-refractivity contribution in [2.75, 3.05) is 19.7 Å². The molecule has 4 heteroatoms. The monoisotopic (exact) mass is 297 g/mol. The normalized spacial score (nSPS) is 16.0. The van der Waals surface area contributed by atoms with Gasteiger partial charge < -0.3 is 9.64 Å². The van der Waals surface area contributed by atoms with Gasteiger partial charge in [0.15, 0.2) is 0 Å². The Kier molecular flexibility index (Phi) is 9.92. The van der Waals surface area contributed by atoms with Crippen molar-refractivity contribution in [2.45, 2.75) is 77.6 Å². The molecule has 4 nitrogen and oxygen atoms in total. The summed E-state index contributed by atoms with van der Waals surface area (Å²) in [5.41, 5.74) is 0. The highest BCUT2D eigenvalue weighted by Crippen LogP contribution is 2.11. The molecule has 1 fully saturated rings. The van der Waals surface area contributed by atoms with E-state index >= 15 is 0 Å². The molecule has 0 unspecified atom stereocenters. The van der Waals surface area contributed by atoms with Crippen LogP contribution in [0.1, 0.15) is 77.6 Å². The van der Waals surface area contributed by atoms with E-state index in [0.29, 0.717) is 13.2 Å². The zero-order chi connectivity index (χ0) is 15.3. The lowest BCUT2D eigenvalue weighted by atomic mass is 10.1. The third kappa shape index (κ3) is 8.74. The van der Waals surface area contributed by atoms with E-state index in [4.69, 9.17) is 4.74 Å². The molecule has 1 heterocycles. The Morgan fingerprint density at radius 3 is 2.10 bits per heavy atom. The van der Waals surface area contributed by atoms with Crippen LogP contribution in [0.15, 0.2) is 0 Å². The summed E-state index contributed by atoms with van der Waals surface area (Å²) < 4.78 is 4.90. The maximum atomic E-state index is 11.7. The van der Waals surface area contributed by atoms with Gasteiger partial charge in [-0.2, -0.15) is 0 Å². The molecule has 0 aromatic rings. The van der Waals surface area contributed by atoms with Gasteiger partial charge >= 0.3 is 5.97 Å². The van der Waals surface area contributed by atoms with Crippen molar-refractivity contribution >= 4 is 11.9 Å². The van der Waals surface area contributed by atoms with Crippen LogP contribution < -0.4 is 0 Å². The number of rotatable bonds is 11. The fraction of sp³-hybridized carbons (Fsp3) is 0.882. The van der Waals surface area contributed by atoms with Gasteiger partial charge in [0.2, 0.25) is 5.91 Å². The van der Waals surface area contributed by atoms with Gasteiger partial charge in [0, 0.05) is 6.54 Å². The van der Waals surface area contributed by atoms with Crippen molar-refractivity contribution < 1.29 is 14.3 Å². The molecule has 0 spiro atoms. The highest BCUT2D eigenvalue weighted by atomic mass is 16.5. The summed E-state index contributed by atoms with van der Waals surface area (Å²) in [5, 5.41) is 0. The summed E-state index contributed by atoms with van der Waals surface area (Å²) in [6.45, 7) is 3.92. The molecule has 0 aliphatic carbocycles. The van der Waals surface area contributed by atoms with Crippen LogP contribution in [-0.2, 0) is 14.3 Å². The SMILES string of the molecule is CCCCCCCCCCCCN1CCOC(=O)CC1=O. The zero-order valence-electron chi connectivity index (χ0n) is 13.6. The molecule has 0 aromatic heterocycles. The third-order valence-corrected chi connectivity index (χ3v) is 4.05. The Hall–Kier alpha value is -1.06. The molecule has 1 aliphatic heterocycles. The largest absolute Gasteiger partial charge is 0.463 e. The van der Waals surface area contributed by atoms with Crippen LogP contribution >= 0.6 is 0 Å². The van der Waals surface area contributed by atoms with Crippen molar-refractivity contribution in [3.8, 4) is 0 Å². The molecule has 0 bridgehead atoms. The van der Waals surface area contributed by atoms with E-state index in [1.54, 1.807) is 4.90 Å². The van der Waals surface area contributed by atoms with Gasteiger partial charge in [0.1, 0.15) is 13.0 Å². The molecule has 0 saturated carbocycles. The van der Waals surface area contributed by atoms with Crippen molar-refractivity contribution in [3.05, 3.63) is 0 Å². The molecule has 1 rings (SSSR count). The van der Waals surface area contributed by atoms with E-state index in [1.165, 1.54) is 57.8 Å². The van der Waals surface area contributed by atoms with Gasteiger partial charge in [-0.3, -0.25) is 9.59 Å². The molecule has 1 amide bonds. The van der Waals surface area contributed by atoms with Crippen molar-refractivity contribution in [1.82, 2.24) is 4.90 Å². The van der Waals surface area contributed by atoms with Crippen molar-refractivity contribution in [1.29, 1.82) is 0 Å². The first-order chi connectivity index (χ1) is 10.2. The van der Waals surface area contributed by atoms with Gasteiger partial charge in [-0.25, -0.2) is 0 Å². The molecule has 122 valence electrons. The van der Waals surface area contributed by atoms with Crippen molar-refractivity contribution in [3.63, 3.8) is 0 Å². The molecule has 1 saturated heterocycles. The number of carbonyl (C=O) groups is 2. The van der Waals surface area contributed by atoms with Crippen LogP contribution in [-0.4, -0.2) is 36.5 Å². The summed E-state index contributed by atoms with van der Waals surface area (Å²) in [4.78, 5) is 24.6. The molecular formula is C17H31NO3. The number of esters is 1. The molecule has 0 radical (unpaired) electrons. The lowest BCUT2D eigenvalue weighted by molar-refractivity contribution is -0.144. The Morgan fingerprint density at radius 2 is 1.48 bits per heavy atom. The van der Waals surface area contributed by atoms with Gasteiger partial charge in [0.05, 0.1) is 6.54 Å². The predicted octanol–water partition coefficient (Wildman–Crippen LogP) is 3.68. The zero-order valence-corrected chi connectivity index (χ0v) is 13.6. The second-order valence-corrected chi connectivity index (χ2v) is 5.96. The smallest absolute Gasteiger partial charge is 0.315 e. The summed E-state index contributed by atoms with van der Waals surface area (Å²) in [6.07, 6.45) is 12.8. The van der Waals surface area contributed by atoms with Gasteiger partial charge in [-0.05, 0) is 6.42 Å². The van der Waals surface area contributed by atoms with Crippen molar-refractivity contribution in [2.24, 2.45) is 0 Å². The van der Waals surface area contributed by atoms with Crippen LogP contribution in [0.5, 0.6) is 0 Å². The summed E-state index contributed by atoms with van der Waals surface area (Å²) >= 11 is 0. The average Bonchev–Trinajstić information content (AvgIpc) is 2.62. The van der Waals surface area contributed by atoms with Gasteiger partial charge in [0.25, 0.3) is 0 Å². The van der Waals surface area contributed by atoms with Gasteiger partial charge in [-0.15, -0.1) is 0 Å². The quantitative estimate of drug-likeness (QED) is 0.332. The maximum Gasteiger partial charge on any atom is 0.315 e. The second-order valence-electron chi connectivity index (χ2n) is 5.96. The van der Waals surface area contributed by atoms with E-state index in [-0.39, 0.29) is 18.3 Å². The topological polar surface area (TPSA) is 46.6 Å². The summed E-state index contributed by atoms with van der Waals surface area (Å²) in [6, 6.07) is 0. The van der Waals surface area contributed by atoms with Crippen LogP contribution in [0.2, 0.25) is 0 Å². The highest BCUT2D eigenvalue weighted by Gasteiger charge is 2.21. The Balaban J connectivity index is 1.94.